The van der Waals surface area contributed by atoms with E-state index in [4.69, 9.17) is 4.42 Å². The third-order valence-corrected chi connectivity index (χ3v) is 4.46. The van der Waals surface area contributed by atoms with E-state index < -0.39 is 0 Å². The van der Waals surface area contributed by atoms with Crippen molar-refractivity contribution in [2.75, 3.05) is 37.6 Å². The van der Waals surface area contributed by atoms with E-state index in [0.717, 1.165) is 44.1 Å². The fraction of sp³-hybridized carbons (Fsp3) is 0.353. The molecule has 0 radical (unpaired) electrons. The van der Waals surface area contributed by atoms with Gasteiger partial charge in [-0.15, -0.1) is 0 Å². The number of aromatic nitrogens is 3. The molecule has 3 heterocycles. The number of nitrogens with zero attached hydrogens (tertiary/aromatic N) is 5. The topological polar surface area (TPSA) is 67.4 Å². The molecule has 0 atom stereocenters. The Hall–Kier alpha value is -2.67. The lowest BCUT2D eigenvalue weighted by Gasteiger charge is -2.35. The second-order valence-corrected chi connectivity index (χ2v) is 5.88. The Balaban J connectivity index is 1.37. The minimum absolute atomic E-state index is 0.283. The van der Waals surface area contributed by atoms with E-state index in [1.165, 1.54) is 0 Å². The average molecular weight is 325 g/mol. The number of hydrogen-bond donors (Lipinski definition) is 0. The van der Waals surface area contributed by atoms with Crippen LogP contribution in [0.4, 0.5) is 5.82 Å². The lowest BCUT2D eigenvalue weighted by atomic mass is 10.3. The highest BCUT2D eigenvalue weighted by atomic mass is 16.4. The molecule has 0 N–H and O–H groups in total. The summed E-state index contributed by atoms with van der Waals surface area (Å²) < 4.78 is 6.99. The van der Waals surface area contributed by atoms with Crippen LogP contribution in [-0.4, -0.2) is 52.2 Å². The van der Waals surface area contributed by atoms with Crippen LogP contribution in [0.3, 0.4) is 0 Å². The van der Waals surface area contributed by atoms with E-state index in [2.05, 4.69) is 19.8 Å². The van der Waals surface area contributed by atoms with Gasteiger partial charge in [0.1, 0.15) is 5.82 Å². The van der Waals surface area contributed by atoms with E-state index in [-0.39, 0.29) is 5.76 Å². The monoisotopic (exact) mass is 325 g/mol. The zero-order valence-corrected chi connectivity index (χ0v) is 13.3. The summed E-state index contributed by atoms with van der Waals surface area (Å²) in [6.45, 7) is 5.19. The number of fused-ring (bicyclic) bond motifs is 1. The molecule has 0 bridgehead atoms. The summed E-state index contributed by atoms with van der Waals surface area (Å²) in [6, 6.07) is 7.55. The van der Waals surface area contributed by atoms with E-state index in [0.29, 0.717) is 12.1 Å². The number of piperazine rings is 1. The molecular weight excluding hydrogens is 306 g/mol. The van der Waals surface area contributed by atoms with Gasteiger partial charge in [0.05, 0.1) is 11.7 Å². The minimum atomic E-state index is -0.283. The molecule has 1 fully saturated rings. The molecule has 1 aliphatic heterocycles. The van der Waals surface area contributed by atoms with Crippen LogP contribution in [0, 0.1) is 0 Å². The standard InChI is InChI=1S/C17H19N5O2/c23-17-22(14-3-1-2-4-15(14)24-17)12-9-20-7-10-21(11-8-20)16-13-18-5-6-19-16/h1-6,13H,7-12H2. The molecule has 7 heteroatoms. The van der Waals surface area contributed by atoms with Crippen molar-refractivity contribution in [1.29, 1.82) is 0 Å². The predicted molar refractivity (Wildman–Crippen MR) is 91.2 cm³/mol. The van der Waals surface area contributed by atoms with E-state index in [1.54, 1.807) is 23.2 Å². The fourth-order valence-electron chi connectivity index (χ4n) is 3.12. The first-order valence-corrected chi connectivity index (χ1v) is 8.13. The maximum atomic E-state index is 12.0. The quantitative estimate of drug-likeness (QED) is 0.718. The van der Waals surface area contributed by atoms with Gasteiger partial charge < -0.3 is 9.32 Å². The van der Waals surface area contributed by atoms with Gasteiger partial charge in [0.15, 0.2) is 5.58 Å². The Morgan fingerprint density at radius 2 is 1.88 bits per heavy atom. The Morgan fingerprint density at radius 3 is 2.67 bits per heavy atom. The van der Waals surface area contributed by atoms with Gasteiger partial charge in [0.2, 0.25) is 0 Å². The van der Waals surface area contributed by atoms with Gasteiger partial charge in [-0.25, -0.2) is 9.78 Å². The number of rotatable bonds is 4. The summed E-state index contributed by atoms with van der Waals surface area (Å²) in [4.78, 5) is 25.1. The van der Waals surface area contributed by atoms with Crippen LogP contribution in [0.2, 0.25) is 0 Å². The fourth-order valence-corrected chi connectivity index (χ4v) is 3.12. The highest BCUT2D eigenvalue weighted by molar-refractivity contribution is 5.72. The van der Waals surface area contributed by atoms with E-state index in [9.17, 15) is 4.79 Å². The van der Waals surface area contributed by atoms with Gasteiger partial charge in [-0.1, -0.05) is 12.1 Å². The third kappa shape index (κ3) is 2.90. The Morgan fingerprint density at radius 1 is 1.04 bits per heavy atom. The Labute approximate surface area is 139 Å². The highest BCUT2D eigenvalue weighted by Gasteiger charge is 2.18. The van der Waals surface area contributed by atoms with E-state index >= 15 is 0 Å². The van der Waals surface area contributed by atoms with Crippen LogP contribution >= 0.6 is 0 Å². The molecule has 0 aliphatic carbocycles. The molecule has 24 heavy (non-hydrogen) atoms. The minimum Gasteiger partial charge on any atom is -0.408 e. The van der Waals surface area contributed by atoms with Crippen molar-refractivity contribution in [3.63, 3.8) is 0 Å². The molecule has 0 unspecified atom stereocenters. The Bertz CT molecular complexity index is 865. The second-order valence-electron chi connectivity index (χ2n) is 5.88. The molecular formula is C17H19N5O2. The van der Waals surface area contributed by atoms with Gasteiger partial charge in [-0.2, -0.15) is 0 Å². The van der Waals surface area contributed by atoms with Crippen molar-refractivity contribution < 1.29 is 4.42 Å². The number of para-hydroxylation sites is 2. The summed E-state index contributed by atoms with van der Waals surface area (Å²) in [5, 5.41) is 0. The van der Waals surface area contributed by atoms with Crippen LogP contribution in [-0.2, 0) is 6.54 Å². The first kappa shape index (κ1) is 14.9. The van der Waals surface area contributed by atoms with E-state index in [1.807, 2.05) is 24.3 Å². The molecule has 7 nitrogen and oxygen atoms in total. The second kappa shape index (κ2) is 6.45. The molecule has 0 saturated carbocycles. The zero-order chi connectivity index (χ0) is 16.4. The molecule has 0 spiro atoms. The van der Waals surface area contributed by atoms with Crippen molar-refractivity contribution in [2.45, 2.75) is 6.54 Å². The average Bonchev–Trinajstić information content (AvgIpc) is 2.96. The summed E-state index contributed by atoms with van der Waals surface area (Å²) in [6.07, 6.45) is 5.21. The number of anilines is 1. The lowest BCUT2D eigenvalue weighted by Crippen LogP contribution is -2.47. The highest BCUT2D eigenvalue weighted by Crippen LogP contribution is 2.13. The van der Waals surface area contributed by atoms with Gasteiger partial charge in [-0.05, 0) is 12.1 Å². The summed E-state index contributed by atoms with van der Waals surface area (Å²) in [7, 11) is 0. The number of benzene rings is 1. The van der Waals surface area contributed by atoms with Crippen LogP contribution in [0.15, 0.2) is 52.1 Å². The summed E-state index contributed by atoms with van der Waals surface area (Å²) in [5.74, 6) is 0.642. The molecule has 1 aliphatic rings. The van der Waals surface area contributed by atoms with Crippen molar-refractivity contribution >= 4 is 16.9 Å². The molecule has 0 amide bonds. The van der Waals surface area contributed by atoms with Gasteiger partial charge in [0, 0.05) is 51.7 Å². The first-order chi connectivity index (χ1) is 11.8. The predicted octanol–water partition coefficient (Wildman–Crippen LogP) is 1.21. The van der Waals surface area contributed by atoms with Crippen molar-refractivity contribution in [3.8, 4) is 0 Å². The maximum Gasteiger partial charge on any atom is 0.419 e. The lowest BCUT2D eigenvalue weighted by molar-refractivity contribution is 0.246. The van der Waals surface area contributed by atoms with Crippen molar-refractivity contribution in [1.82, 2.24) is 19.4 Å². The largest absolute Gasteiger partial charge is 0.419 e. The molecule has 1 aromatic carbocycles. The van der Waals surface area contributed by atoms with Crippen LogP contribution in [0.5, 0.6) is 0 Å². The van der Waals surface area contributed by atoms with Crippen molar-refractivity contribution in [3.05, 3.63) is 53.4 Å². The van der Waals surface area contributed by atoms with Gasteiger partial charge >= 0.3 is 5.76 Å². The number of oxazole rings is 1. The molecule has 1 saturated heterocycles. The van der Waals surface area contributed by atoms with Gasteiger partial charge in [-0.3, -0.25) is 14.5 Å². The zero-order valence-electron chi connectivity index (χ0n) is 13.3. The molecule has 3 aromatic rings. The Kier molecular flexibility index (Phi) is 4.00. The van der Waals surface area contributed by atoms with Crippen LogP contribution < -0.4 is 10.7 Å². The third-order valence-electron chi connectivity index (χ3n) is 4.46. The van der Waals surface area contributed by atoms with Crippen LogP contribution in [0.1, 0.15) is 0 Å². The molecule has 124 valence electrons. The molecule has 2 aromatic heterocycles. The first-order valence-electron chi connectivity index (χ1n) is 8.13. The van der Waals surface area contributed by atoms with Crippen molar-refractivity contribution in [2.24, 2.45) is 0 Å². The maximum absolute atomic E-state index is 12.0. The number of hydrogen-bond acceptors (Lipinski definition) is 6. The smallest absolute Gasteiger partial charge is 0.408 e. The summed E-state index contributed by atoms with van der Waals surface area (Å²) >= 11 is 0. The summed E-state index contributed by atoms with van der Waals surface area (Å²) in [5.41, 5.74) is 1.51. The normalized spacial score (nSPS) is 15.9. The van der Waals surface area contributed by atoms with Gasteiger partial charge in [0.25, 0.3) is 0 Å². The molecule has 4 rings (SSSR count). The van der Waals surface area contributed by atoms with Crippen LogP contribution in [0.25, 0.3) is 11.1 Å². The SMILES string of the molecule is O=c1oc2ccccc2n1CCN1CCN(c2cnccn2)CC1.